The molecule has 14 heavy (non-hydrogen) atoms. The van der Waals surface area contributed by atoms with Gasteiger partial charge in [0.1, 0.15) is 3.82 Å². The van der Waals surface area contributed by atoms with Gasteiger partial charge in [0, 0.05) is 4.88 Å². The third kappa shape index (κ3) is 2.61. The van der Waals surface area contributed by atoms with Gasteiger partial charge in [-0.3, -0.25) is 0 Å². The van der Waals surface area contributed by atoms with Crippen molar-refractivity contribution in [2.75, 3.05) is 0 Å². The molecule has 0 unspecified atom stereocenters. The fourth-order valence-corrected chi connectivity index (χ4v) is 3.29. The normalized spacial score (nSPS) is 10.9. The van der Waals surface area contributed by atoms with Crippen molar-refractivity contribution < 1.29 is 0 Å². The molecule has 0 spiro atoms. The fourth-order valence-electron chi connectivity index (χ4n) is 1.07. The number of rotatable bonds is 2. The summed E-state index contributed by atoms with van der Waals surface area (Å²) in [6, 6.07) is 12.3. The number of benzene rings is 1. The zero-order chi connectivity index (χ0) is 9.80. The largest absolute Gasteiger partial charge is 0.102 e. The molecule has 3 heteroatoms. The lowest BCUT2D eigenvalue weighted by molar-refractivity contribution is 1.67. The Morgan fingerprint density at radius 3 is 2.43 bits per heavy atom. The second-order valence-corrected chi connectivity index (χ2v) is 5.72. The van der Waals surface area contributed by atoms with Crippen molar-refractivity contribution in [2.45, 2.75) is 0 Å². The molecule has 0 saturated heterocycles. The van der Waals surface area contributed by atoms with E-state index in [9.17, 15) is 0 Å². The molecule has 0 aliphatic heterocycles. The zero-order valence-electron chi connectivity index (χ0n) is 7.34. The molecule has 0 bridgehead atoms. The Hall–Kier alpha value is -0.770. The molecule has 0 fully saturated rings. The first kappa shape index (κ1) is 9.77. The quantitative estimate of drug-likeness (QED) is 0.537. The van der Waals surface area contributed by atoms with Crippen molar-refractivity contribution in [1.82, 2.24) is 0 Å². The highest BCUT2D eigenvalue weighted by atomic mass is 32.9. The van der Waals surface area contributed by atoms with Gasteiger partial charge in [-0.05, 0) is 17.7 Å². The number of hydrogen-bond acceptors (Lipinski definition) is 3. The minimum absolute atomic E-state index is 0.961. The lowest BCUT2D eigenvalue weighted by Crippen LogP contribution is -1.67. The average molecular weight is 236 g/mol. The van der Waals surface area contributed by atoms with Crippen molar-refractivity contribution in [3.05, 3.63) is 50.7 Å². The molecule has 0 radical (unpaired) electrons. The number of hydrogen-bond donors (Lipinski definition) is 0. The van der Waals surface area contributed by atoms with E-state index in [-0.39, 0.29) is 0 Å². The van der Waals surface area contributed by atoms with Crippen LogP contribution in [0, 0.1) is 3.82 Å². The smallest absolute Gasteiger partial charge is 0.0792 e. The first-order valence-electron chi connectivity index (χ1n) is 4.18. The van der Waals surface area contributed by atoms with Crippen molar-refractivity contribution in [3.8, 4) is 0 Å². The van der Waals surface area contributed by atoms with Crippen molar-refractivity contribution in [3.63, 3.8) is 0 Å². The lowest BCUT2D eigenvalue weighted by Gasteiger charge is -1.89. The molecule has 0 saturated carbocycles. The Bertz CT molecular complexity index is 476. The Labute approximate surface area is 95.6 Å². The predicted octanol–water partition coefficient (Wildman–Crippen LogP) is 4.71. The molecule has 0 N–H and O–H groups in total. The van der Waals surface area contributed by atoms with Crippen LogP contribution in [0.4, 0.5) is 0 Å². The third-order valence-corrected chi connectivity index (χ3v) is 4.58. The van der Waals surface area contributed by atoms with E-state index >= 15 is 0 Å². The highest BCUT2D eigenvalue weighted by Crippen LogP contribution is 2.20. The first-order chi connectivity index (χ1) is 6.84. The minimum atomic E-state index is 0.961. The van der Waals surface area contributed by atoms with Gasteiger partial charge in [-0.25, -0.2) is 0 Å². The van der Waals surface area contributed by atoms with Crippen LogP contribution in [0.2, 0.25) is 0 Å². The summed E-state index contributed by atoms with van der Waals surface area (Å²) in [4.78, 5) is 1.23. The summed E-state index contributed by atoms with van der Waals surface area (Å²) in [7, 11) is 3.36. The van der Waals surface area contributed by atoms with E-state index < -0.39 is 0 Å². The van der Waals surface area contributed by atoms with E-state index in [1.165, 1.54) is 10.4 Å². The van der Waals surface area contributed by atoms with Gasteiger partial charge in [-0.15, -0.1) is 0 Å². The summed E-state index contributed by atoms with van der Waals surface area (Å²) in [5.74, 6) is 0. The van der Waals surface area contributed by atoms with E-state index in [4.69, 9.17) is 12.2 Å². The van der Waals surface area contributed by atoms with Crippen molar-refractivity contribution in [1.29, 1.82) is 0 Å². The average Bonchev–Trinajstić information content (AvgIpc) is 2.63. The monoisotopic (exact) mass is 236 g/mol. The van der Waals surface area contributed by atoms with Crippen LogP contribution in [0.25, 0.3) is 12.2 Å². The van der Waals surface area contributed by atoms with E-state index in [0.717, 1.165) is 3.82 Å². The summed E-state index contributed by atoms with van der Waals surface area (Å²) in [6.45, 7) is 0. The van der Waals surface area contributed by atoms with E-state index in [2.05, 4.69) is 24.3 Å². The molecule has 1 aromatic carbocycles. The van der Waals surface area contributed by atoms with Gasteiger partial charge in [0.05, 0.1) is 0 Å². The van der Waals surface area contributed by atoms with Crippen LogP contribution in [0.5, 0.6) is 0 Å². The summed E-state index contributed by atoms with van der Waals surface area (Å²) < 4.78 is 0.961. The van der Waals surface area contributed by atoms with Crippen LogP contribution < -0.4 is 0 Å². The summed E-state index contributed by atoms with van der Waals surface area (Å²) in [5, 5.41) is 0. The SMILES string of the molecule is S=c1cc(/C=C/c2ccccc2)ss1. The summed E-state index contributed by atoms with van der Waals surface area (Å²) in [5.41, 5.74) is 1.22. The van der Waals surface area contributed by atoms with Crippen LogP contribution >= 0.6 is 32.9 Å². The standard InChI is InChI=1S/C11H8S3/c12-11-8-10(13-14-11)7-6-9-4-2-1-3-5-9/h1-8H/b7-6+. The topological polar surface area (TPSA) is 0 Å². The Morgan fingerprint density at radius 1 is 1.00 bits per heavy atom. The molecule has 1 aromatic heterocycles. The van der Waals surface area contributed by atoms with E-state index in [1.54, 1.807) is 20.7 Å². The molecule has 0 aliphatic carbocycles. The van der Waals surface area contributed by atoms with Crippen LogP contribution in [0.3, 0.4) is 0 Å². The Morgan fingerprint density at radius 2 is 1.79 bits per heavy atom. The molecule has 70 valence electrons. The van der Waals surface area contributed by atoms with Gasteiger partial charge in [0.25, 0.3) is 0 Å². The third-order valence-electron chi connectivity index (χ3n) is 1.72. The van der Waals surface area contributed by atoms with Crippen LogP contribution in [0.1, 0.15) is 10.4 Å². The van der Waals surface area contributed by atoms with Crippen LogP contribution in [-0.2, 0) is 0 Å². The van der Waals surface area contributed by atoms with E-state index in [0.29, 0.717) is 0 Å². The van der Waals surface area contributed by atoms with Crippen LogP contribution in [0.15, 0.2) is 36.4 Å². The van der Waals surface area contributed by atoms with Crippen molar-refractivity contribution >= 4 is 45.1 Å². The fraction of sp³-hybridized carbons (Fsp3) is 0. The van der Waals surface area contributed by atoms with E-state index in [1.807, 2.05) is 24.3 Å². The predicted molar refractivity (Wildman–Crippen MR) is 68.4 cm³/mol. The van der Waals surface area contributed by atoms with Gasteiger partial charge in [0.15, 0.2) is 0 Å². The zero-order valence-corrected chi connectivity index (χ0v) is 9.79. The second-order valence-electron chi connectivity index (χ2n) is 2.78. The van der Waals surface area contributed by atoms with Crippen molar-refractivity contribution in [2.24, 2.45) is 0 Å². The molecular formula is C11H8S3. The van der Waals surface area contributed by atoms with Crippen LogP contribution in [-0.4, -0.2) is 0 Å². The first-order valence-corrected chi connectivity index (χ1v) is 6.74. The Kier molecular flexibility index (Phi) is 3.24. The highest BCUT2D eigenvalue weighted by Gasteiger charge is 1.89. The van der Waals surface area contributed by atoms with Gasteiger partial charge in [-0.1, -0.05) is 69.3 Å². The molecule has 0 atom stereocenters. The Balaban J connectivity index is 2.19. The maximum Gasteiger partial charge on any atom is 0.102 e. The molecule has 1 heterocycles. The maximum absolute atomic E-state index is 5.06. The molecular weight excluding hydrogens is 228 g/mol. The highest BCUT2D eigenvalue weighted by molar-refractivity contribution is 7.79. The lowest BCUT2D eigenvalue weighted by atomic mass is 10.2. The second kappa shape index (κ2) is 4.64. The molecule has 0 nitrogen and oxygen atoms in total. The molecule has 2 aromatic rings. The maximum atomic E-state index is 5.06. The summed E-state index contributed by atoms with van der Waals surface area (Å²) in [6.07, 6.45) is 4.21. The van der Waals surface area contributed by atoms with Gasteiger partial charge in [0.2, 0.25) is 0 Å². The summed E-state index contributed by atoms with van der Waals surface area (Å²) >= 11 is 5.06. The van der Waals surface area contributed by atoms with Gasteiger partial charge in [-0.2, -0.15) is 0 Å². The van der Waals surface area contributed by atoms with Gasteiger partial charge < -0.3 is 0 Å². The minimum Gasteiger partial charge on any atom is -0.0792 e. The molecule has 2 rings (SSSR count). The molecule has 0 aliphatic rings. The molecule has 0 amide bonds. The van der Waals surface area contributed by atoms with Gasteiger partial charge >= 0.3 is 0 Å².